The molecule has 2 aromatic heterocycles. The first-order chi connectivity index (χ1) is 16.2. The summed E-state index contributed by atoms with van der Waals surface area (Å²) in [7, 11) is 0. The first kappa shape index (κ1) is 21.2. The molecule has 4 aromatic rings. The van der Waals surface area contributed by atoms with Gasteiger partial charge in [-0.3, -0.25) is 0 Å². The minimum Gasteiger partial charge on any atom is -0.366 e. The largest absolute Gasteiger partial charge is 0.366 e. The first-order valence-corrected chi connectivity index (χ1v) is 11.7. The third-order valence-electron chi connectivity index (χ3n) is 6.29. The Balaban J connectivity index is 1.38. The van der Waals surface area contributed by atoms with Crippen LogP contribution >= 0.6 is 0 Å². The molecule has 0 aliphatic carbocycles. The van der Waals surface area contributed by atoms with E-state index in [-0.39, 0.29) is 0 Å². The minimum absolute atomic E-state index is 0.413. The number of nitrogens with one attached hydrogen (secondary N) is 2. The topological polar surface area (TPSA) is 92.3 Å². The van der Waals surface area contributed by atoms with Crippen LogP contribution in [0, 0.1) is 13.8 Å². The van der Waals surface area contributed by atoms with Crippen LogP contribution in [-0.2, 0) is 12.8 Å². The number of aromatic amines is 1. The Hall–Kier alpha value is -3.61. The van der Waals surface area contributed by atoms with E-state index in [9.17, 15) is 0 Å². The maximum absolute atomic E-state index is 5.13. The number of fused-ring (bicyclic) bond motifs is 1. The Bertz CT molecular complexity index is 1200. The number of aromatic nitrogens is 6. The maximum Gasteiger partial charge on any atom is 0.148 e. The van der Waals surface area contributed by atoms with E-state index in [1.54, 1.807) is 0 Å². The van der Waals surface area contributed by atoms with Gasteiger partial charge in [0.1, 0.15) is 11.6 Å². The number of aryl methyl sites for hydroxylation is 4. The first-order valence-electron chi connectivity index (χ1n) is 11.7. The van der Waals surface area contributed by atoms with Gasteiger partial charge in [-0.2, -0.15) is 0 Å². The highest BCUT2D eigenvalue weighted by Gasteiger charge is 2.23. The van der Waals surface area contributed by atoms with Crippen molar-refractivity contribution in [3.05, 3.63) is 71.2 Å². The molecule has 33 heavy (non-hydrogen) atoms. The van der Waals surface area contributed by atoms with E-state index < -0.39 is 0 Å². The van der Waals surface area contributed by atoms with Gasteiger partial charge in [0.05, 0.1) is 17.1 Å². The summed E-state index contributed by atoms with van der Waals surface area (Å²) in [4.78, 5) is 10.3. The molecule has 0 saturated heterocycles. The standard InChI is InChI=1S/C26H29N7/c1-17-7-11-19(12-8-17)24-25(20-13-9-18(2)10-14-20)29-26-22(28-24)16-15-21(27-26)5-3-4-6-23-30-32-33-31-23/h7-14,21H,3-6,15-16H2,1-2H3,(H,27,29)(H,30,31,32,33). The van der Waals surface area contributed by atoms with Gasteiger partial charge in [-0.1, -0.05) is 66.1 Å². The molecule has 0 spiro atoms. The van der Waals surface area contributed by atoms with Crippen LogP contribution in [0.1, 0.15) is 48.3 Å². The lowest BCUT2D eigenvalue weighted by Gasteiger charge is -2.27. The monoisotopic (exact) mass is 439 g/mol. The third-order valence-corrected chi connectivity index (χ3v) is 6.29. The zero-order valence-electron chi connectivity index (χ0n) is 19.2. The van der Waals surface area contributed by atoms with Crippen LogP contribution in [0.5, 0.6) is 0 Å². The Morgan fingerprint density at radius 3 is 2.15 bits per heavy atom. The average molecular weight is 440 g/mol. The molecule has 0 radical (unpaired) electrons. The molecule has 2 N–H and O–H groups in total. The summed E-state index contributed by atoms with van der Waals surface area (Å²) in [6.45, 7) is 4.21. The van der Waals surface area contributed by atoms with Crippen molar-refractivity contribution in [3.8, 4) is 22.5 Å². The van der Waals surface area contributed by atoms with E-state index in [2.05, 4.69) is 88.3 Å². The number of unbranched alkanes of at least 4 members (excludes halogenated alkanes) is 1. The van der Waals surface area contributed by atoms with Gasteiger partial charge in [0.25, 0.3) is 0 Å². The lowest BCUT2D eigenvalue weighted by atomic mass is 9.97. The van der Waals surface area contributed by atoms with Crippen LogP contribution in [0.15, 0.2) is 48.5 Å². The Labute approximate surface area is 194 Å². The van der Waals surface area contributed by atoms with Gasteiger partial charge >= 0.3 is 0 Å². The molecule has 0 bridgehead atoms. The quantitative estimate of drug-likeness (QED) is 0.390. The SMILES string of the molecule is Cc1ccc(-c2nc3c(nc2-c2ccc(C)cc2)NC(CCCCc2nnn[nH]2)CC3)cc1. The van der Waals surface area contributed by atoms with Gasteiger partial charge in [0.2, 0.25) is 0 Å². The van der Waals surface area contributed by atoms with Gasteiger partial charge in [-0.05, 0) is 50.0 Å². The van der Waals surface area contributed by atoms with Crippen molar-refractivity contribution in [2.45, 2.75) is 58.4 Å². The normalized spacial score (nSPS) is 15.2. The molecule has 7 nitrogen and oxygen atoms in total. The Kier molecular flexibility index (Phi) is 6.11. The fraction of sp³-hybridized carbons (Fsp3) is 0.346. The highest BCUT2D eigenvalue weighted by Crippen LogP contribution is 2.34. The number of rotatable bonds is 7. The molecular weight excluding hydrogens is 410 g/mol. The van der Waals surface area contributed by atoms with E-state index in [0.29, 0.717) is 6.04 Å². The van der Waals surface area contributed by atoms with E-state index in [4.69, 9.17) is 9.97 Å². The Morgan fingerprint density at radius 2 is 1.52 bits per heavy atom. The molecule has 1 unspecified atom stereocenters. The number of H-pyrrole nitrogens is 1. The van der Waals surface area contributed by atoms with Crippen LogP contribution in [0.3, 0.4) is 0 Å². The molecule has 0 amide bonds. The maximum atomic E-state index is 5.13. The summed E-state index contributed by atoms with van der Waals surface area (Å²) in [6.07, 6.45) is 6.18. The lowest BCUT2D eigenvalue weighted by molar-refractivity contribution is 0.537. The van der Waals surface area contributed by atoms with Crippen LogP contribution < -0.4 is 5.32 Å². The van der Waals surface area contributed by atoms with Crippen LogP contribution in [-0.4, -0.2) is 36.6 Å². The minimum atomic E-state index is 0.413. The van der Waals surface area contributed by atoms with Crippen molar-refractivity contribution in [2.75, 3.05) is 5.32 Å². The second-order valence-electron chi connectivity index (χ2n) is 8.92. The van der Waals surface area contributed by atoms with Gasteiger partial charge in [0.15, 0.2) is 0 Å². The number of tetrazole rings is 1. The lowest BCUT2D eigenvalue weighted by Crippen LogP contribution is -2.27. The second kappa shape index (κ2) is 9.48. The van der Waals surface area contributed by atoms with E-state index in [1.165, 1.54) is 11.1 Å². The number of hydrogen-bond acceptors (Lipinski definition) is 6. The van der Waals surface area contributed by atoms with Crippen molar-refractivity contribution in [3.63, 3.8) is 0 Å². The predicted molar refractivity (Wildman–Crippen MR) is 130 cm³/mol. The zero-order valence-corrected chi connectivity index (χ0v) is 19.2. The molecule has 0 fully saturated rings. The van der Waals surface area contributed by atoms with Crippen molar-refractivity contribution in [1.29, 1.82) is 0 Å². The number of anilines is 1. The molecule has 0 saturated carbocycles. The highest BCUT2D eigenvalue weighted by molar-refractivity contribution is 5.79. The summed E-state index contributed by atoms with van der Waals surface area (Å²) < 4.78 is 0. The van der Waals surface area contributed by atoms with E-state index in [0.717, 1.165) is 78.4 Å². The van der Waals surface area contributed by atoms with Crippen LogP contribution in [0.4, 0.5) is 5.82 Å². The second-order valence-corrected chi connectivity index (χ2v) is 8.92. The molecular formula is C26H29N7. The molecule has 168 valence electrons. The molecule has 1 aliphatic heterocycles. The van der Waals surface area contributed by atoms with E-state index in [1.807, 2.05) is 0 Å². The fourth-order valence-corrected chi connectivity index (χ4v) is 4.35. The number of benzene rings is 2. The summed E-state index contributed by atoms with van der Waals surface area (Å²) in [5, 5.41) is 17.7. The third kappa shape index (κ3) is 4.92. The van der Waals surface area contributed by atoms with Gasteiger partial charge in [-0.25, -0.2) is 15.1 Å². The molecule has 2 aromatic carbocycles. The van der Waals surface area contributed by atoms with E-state index >= 15 is 0 Å². The van der Waals surface area contributed by atoms with Gasteiger partial charge in [0, 0.05) is 23.6 Å². The number of nitrogens with zero attached hydrogens (tertiary/aromatic N) is 5. The van der Waals surface area contributed by atoms with Crippen molar-refractivity contribution in [1.82, 2.24) is 30.6 Å². The Morgan fingerprint density at radius 1 is 0.848 bits per heavy atom. The molecule has 7 heteroatoms. The van der Waals surface area contributed by atoms with Crippen molar-refractivity contribution < 1.29 is 0 Å². The molecule has 1 aliphatic rings. The zero-order chi connectivity index (χ0) is 22.6. The van der Waals surface area contributed by atoms with Gasteiger partial charge < -0.3 is 5.32 Å². The fourth-order valence-electron chi connectivity index (χ4n) is 4.35. The van der Waals surface area contributed by atoms with Crippen LogP contribution in [0.2, 0.25) is 0 Å². The van der Waals surface area contributed by atoms with Crippen molar-refractivity contribution >= 4 is 5.82 Å². The molecule has 3 heterocycles. The molecule has 1 atom stereocenters. The van der Waals surface area contributed by atoms with Gasteiger partial charge in [-0.15, -0.1) is 5.10 Å². The summed E-state index contributed by atoms with van der Waals surface area (Å²) in [6, 6.07) is 17.5. The smallest absolute Gasteiger partial charge is 0.148 e. The predicted octanol–water partition coefficient (Wildman–Crippen LogP) is 5.08. The summed E-state index contributed by atoms with van der Waals surface area (Å²) >= 11 is 0. The van der Waals surface area contributed by atoms with Crippen LogP contribution in [0.25, 0.3) is 22.5 Å². The summed E-state index contributed by atoms with van der Waals surface area (Å²) in [5.41, 5.74) is 7.63. The summed E-state index contributed by atoms with van der Waals surface area (Å²) in [5.74, 6) is 1.78. The number of hydrogen-bond donors (Lipinski definition) is 2. The van der Waals surface area contributed by atoms with Crippen molar-refractivity contribution in [2.24, 2.45) is 0 Å². The average Bonchev–Trinajstić information content (AvgIpc) is 3.36. The molecule has 5 rings (SSSR count). The highest BCUT2D eigenvalue weighted by atomic mass is 15.5.